The fourth-order valence-corrected chi connectivity index (χ4v) is 2.17. The first-order valence-electron chi connectivity index (χ1n) is 7.96. The van der Waals surface area contributed by atoms with E-state index in [0.29, 0.717) is 18.3 Å². The summed E-state index contributed by atoms with van der Waals surface area (Å²) in [7, 11) is 0. The lowest BCUT2D eigenvalue weighted by molar-refractivity contribution is 0.0151. The molecule has 2 amide bonds. The van der Waals surface area contributed by atoms with Crippen LogP contribution in [0.15, 0.2) is 4.52 Å². The molecule has 23 heavy (non-hydrogen) atoms. The lowest BCUT2D eigenvalue weighted by atomic mass is 9.81. The molecule has 0 spiro atoms. The first kappa shape index (κ1) is 19.4. The Morgan fingerprint density at radius 2 is 1.83 bits per heavy atom. The van der Waals surface area contributed by atoms with E-state index in [1.807, 2.05) is 48.5 Å². The van der Waals surface area contributed by atoms with E-state index in [1.54, 1.807) is 0 Å². The van der Waals surface area contributed by atoms with Gasteiger partial charge in [0.25, 0.3) is 0 Å². The van der Waals surface area contributed by atoms with Crippen molar-refractivity contribution in [2.45, 2.75) is 66.5 Å². The van der Waals surface area contributed by atoms with Gasteiger partial charge in [-0.05, 0) is 5.92 Å². The third-order valence-corrected chi connectivity index (χ3v) is 3.65. The van der Waals surface area contributed by atoms with Crippen LogP contribution < -0.4 is 10.6 Å². The molecule has 1 aromatic rings. The minimum atomic E-state index is -0.491. The number of aromatic nitrogens is 2. The highest BCUT2D eigenvalue weighted by Crippen LogP contribution is 2.25. The lowest BCUT2D eigenvalue weighted by Gasteiger charge is -2.33. The highest BCUT2D eigenvalue weighted by atomic mass is 16.5. The summed E-state index contributed by atoms with van der Waals surface area (Å²) in [6.07, 6.45) is -0.491. The zero-order valence-corrected chi connectivity index (χ0v) is 15.2. The van der Waals surface area contributed by atoms with E-state index in [4.69, 9.17) is 4.52 Å². The topological polar surface area (TPSA) is 100 Å². The van der Waals surface area contributed by atoms with E-state index < -0.39 is 11.5 Å². The van der Waals surface area contributed by atoms with Crippen LogP contribution in [0.5, 0.6) is 0 Å². The van der Waals surface area contributed by atoms with Crippen LogP contribution in [0.1, 0.15) is 60.2 Å². The SMILES string of the molecule is CC(C)[C@@H](O)C(C)(C)CNC(=O)NCc1noc(C(C)(C)C)n1. The van der Waals surface area contributed by atoms with Crippen molar-refractivity contribution >= 4 is 6.03 Å². The predicted octanol–water partition coefficient (Wildman–Crippen LogP) is 2.21. The quantitative estimate of drug-likeness (QED) is 0.744. The van der Waals surface area contributed by atoms with Gasteiger partial charge >= 0.3 is 6.03 Å². The Balaban J connectivity index is 2.45. The second-order valence-corrected chi connectivity index (χ2v) is 7.98. The van der Waals surface area contributed by atoms with Crippen LogP contribution in [0.3, 0.4) is 0 Å². The molecule has 0 saturated heterocycles. The summed E-state index contributed by atoms with van der Waals surface area (Å²) in [6, 6.07) is -0.323. The Hall–Kier alpha value is -1.63. The van der Waals surface area contributed by atoms with Gasteiger partial charge in [0.2, 0.25) is 5.89 Å². The monoisotopic (exact) mass is 326 g/mol. The number of aliphatic hydroxyl groups excluding tert-OH is 1. The Bertz CT molecular complexity index is 518. The molecular weight excluding hydrogens is 296 g/mol. The van der Waals surface area contributed by atoms with Crippen LogP contribution >= 0.6 is 0 Å². The summed E-state index contributed by atoms with van der Waals surface area (Å²) >= 11 is 0. The van der Waals surface area contributed by atoms with Crippen LogP contribution in [0.4, 0.5) is 4.79 Å². The number of carbonyl (C=O) groups excluding carboxylic acids is 1. The van der Waals surface area contributed by atoms with Gasteiger partial charge < -0.3 is 20.3 Å². The van der Waals surface area contributed by atoms with Gasteiger partial charge in [-0.3, -0.25) is 0 Å². The smallest absolute Gasteiger partial charge is 0.315 e. The first-order chi connectivity index (χ1) is 10.4. The lowest BCUT2D eigenvalue weighted by Crippen LogP contribution is -2.46. The molecule has 0 unspecified atom stereocenters. The molecule has 0 fully saturated rings. The molecule has 0 aliphatic carbocycles. The molecule has 7 nitrogen and oxygen atoms in total. The van der Waals surface area contributed by atoms with E-state index in [9.17, 15) is 9.90 Å². The van der Waals surface area contributed by atoms with Crippen molar-refractivity contribution in [1.29, 1.82) is 0 Å². The number of carbonyl (C=O) groups is 1. The maximum Gasteiger partial charge on any atom is 0.315 e. The Morgan fingerprint density at radius 1 is 1.22 bits per heavy atom. The van der Waals surface area contributed by atoms with Crippen molar-refractivity contribution in [1.82, 2.24) is 20.8 Å². The highest BCUT2D eigenvalue weighted by Gasteiger charge is 2.30. The number of aliphatic hydroxyl groups is 1. The Labute approximate surface area is 138 Å². The molecule has 0 aliphatic heterocycles. The summed E-state index contributed by atoms with van der Waals surface area (Å²) < 4.78 is 5.17. The number of nitrogens with zero attached hydrogens (tertiary/aromatic N) is 2. The summed E-state index contributed by atoms with van der Waals surface area (Å²) in [5.41, 5.74) is -0.623. The number of urea groups is 1. The van der Waals surface area contributed by atoms with Crippen molar-refractivity contribution < 1.29 is 14.4 Å². The fourth-order valence-electron chi connectivity index (χ4n) is 2.17. The summed E-state index contributed by atoms with van der Waals surface area (Å²) in [5.74, 6) is 1.10. The average molecular weight is 326 g/mol. The largest absolute Gasteiger partial charge is 0.392 e. The van der Waals surface area contributed by atoms with Crippen LogP contribution in [0, 0.1) is 11.3 Å². The van der Waals surface area contributed by atoms with Gasteiger partial charge in [0.1, 0.15) is 0 Å². The minimum absolute atomic E-state index is 0.130. The normalized spacial score (nSPS) is 14.0. The zero-order chi connectivity index (χ0) is 17.8. The molecule has 1 heterocycles. The van der Waals surface area contributed by atoms with Gasteiger partial charge in [0.15, 0.2) is 5.82 Å². The molecule has 0 radical (unpaired) electrons. The molecule has 7 heteroatoms. The summed E-state index contributed by atoms with van der Waals surface area (Å²) in [5, 5.41) is 19.5. The van der Waals surface area contributed by atoms with Crippen LogP contribution in [-0.2, 0) is 12.0 Å². The van der Waals surface area contributed by atoms with E-state index >= 15 is 0 Å². The molecule has 0 aromatic carbocycles. The van der Waals surface area contributed by atoms with E-state index in [0.717, 1.165) is 0 Å². The van der Waals surface area contributed by atoms with Gasteiger partial charge in [-0.1, -0.05) is 53.6 Å². The van der Waals surface area contributed by atoms with Crippen molar-refractivity contribution in [3.8, 4) is 0 Å². The molecule has 0 aliphatic rings. The van der Waals surface area contributed by atoms with Gasteiger partial charge in [0.05, 0.1) is 12.6 Å². The average Bonchev–Trinajstić information content (AvgIpc) is 2.91. The van der Waals surface area contributed by atoms with Gasteiger partial charge in [-0.25, -0.2) is 4.79 Å². The van der Waals surface area contributed by atoms with E-state index in [2.05, 4.69) is 20.8 Å². The molecule has 132 valence electrons. The highest BCUT2D eigenvalue weighted by molar-refractivity contribution is 5.73. The summed E-state index contributed by atoms with van der Waals surface area (Å²) in [4.78, 5) is 16.1. The molecule has 1 rings (SSSR count). The maximum atomic E-state index is 11.9. The standard InChI is InChI=1S/C16H30N4O3/c1-10(2)12(21)16(6,7)9-18-14(22)17-8-11-19-13(23-20-11)15(3,4)5/h10,12,21H,8-9H2,1-7H3,(H2,17,18,22)/t12-/m1/s1. The van der Waals surface area contributed by atoms with Crippen molar-refractivity contribution in [2.24, 2.45) is 11.3 Å². The second-order valence-electron chi connectivity index (χ2n) is 7.98. The number of hydrogen-bond acceptors (Lipinski definition) is 5. The number of hydrogen-bond donors (Lipinski definition) is 3. The van der Waals surface area contributed by atoms with Crippen molar-refractivity contribution in [3.63, 3.8) is 0 Å². The van der Waals surface area contributed by atoms with Gasteiger partial charge in [-0.15, -0.1) is 0 Å². The number of rotatable bonds is 6. The van der Waals surface area contributed by atoms with E-state index in [-0.39, 0.29) is 23.9 Å². The first-order valence-corrected chi connectivity index (χ1v) is 7.96. The van der Waals surface area contributed by atoms with Crippen molar-refractivity contribution in [3.05, 3.63) is 11.7 Å². The van der Waals surface area contributed by atoms with Crippen LogP contribution in [-0.4, -0.2) is 33.9 Å². The van der Waals surface area contributed by atoms with Crippen LogP contribution in [0.25, 0.3) is 0 Å². The van der Waals surface area contributed by atoms with Gasteiger partial charge in [0, 0.05) is 17.4 Å². The Kier molecular flexibility index (Phi) is 6.16. The van der Waals surface area contributed by atoms with Gasteiger partial charge in [-0.2, -0.15) is 4.98 Å². The predicted molar refractivity (Wildman–Crippen MR) is 87.9 cm³/mol. The molecule has 0 bridgehead atoms. The maximum absolute atomic E-state index is 11.9. The summed E-state index contributed by atoms with van der Waals surface area (Å²) in [6.45, 7) is 14.3. The van der Waals surface area contributed by atoms with E-state index in [1.165, 1.54) is 0 Å². The fraction of sp³-hybridized carbons (Fsp3) is 0.812. The molecule has 1 aromatic heterocycles. The number of amides is 2. The van der Waals surface area contributed by atoms with Crippen LogP contribution in [0.2, 0.25) is 0 Å². The minimum Gasteiger partial charge on any atom is -0.392 e. The third-order valence-electron chi connectivity index (χ3n) is 3.65. The Morgan fingerprint density at radius 3 is 2.30 bits per heavy atom. The molecule has 3 N–H and O–H groups in total. The molecular formula is C16H30N4O3. The van der Waals surface area contributed by atoms with Crippen molar-refractivity contribution in [2.75, 3.05) is 6.54 Å². The molecule has 0 saturated carbocycles. The third kappa shape index (κ3) is 5.82. The second kappa shape index (κ2) is 7.29. The zero-order valence-electron chi connectivity index (χ0n) is 15.2. The number of nitrogens with one attached hydrogen (secondary N) is 2. The molecule has 1 atom stereocenters.